The monoisotopic (exact) mass is 208 g/mol. The minimum atomic E-state index is -0.253. The second kappa shape index (κ2) is 4.02. The van der Waals surface area contributed by atoms with E-state index >= 15 is 0 Å². The van der Waals surface area contributed by atoms with Crippen LogP contribution < -0.4 is 10.6 Å². The predicted octanol–water partition coefficient (Wildman–Crippen LogP) is 0.266. The summed E-state index contributed by atoms with van der Waals surface area (Å²) in [7, 11) is 0. The molecule has 3 N–H and O–H groups in total. The van der Waals surface area contributed by atoms with Gasteiger partial charge in [-0.05, 0) is 13.3 Å². The highest BCUT2D eigenvalue weighted by atomic mass is 16.3. The molecular weight excluding hydrogens is 192 g/mol. The van der Waals surface area contributed by atoms with Crippen LogP contribution in [0.1, 0.15) is 13.3 Å². The van der Waals surface area contributed by atoms with E-state index in [-0.39, 0.29) is 6.10 Å². The molecule has 1 aliphatic heterocycles. The minimum Gasteiger partial charge on any atom is -0.393 e. The smallest absolute Gasteiger partial charge is 0.147 e. The number of aliphatic hydroxyl groups is 1. The van der Waals surface area contributed by atoms with Crippen LogP contribution in [0.3, 0.4) is 0 Å². The summed E-state index contributed by atoms with van der Waals surface area (Å²) in [5.41, 5.74) is 5.47. The number of nitrogen functional groups attached to an aromatic ring is 1. The van der Waals surface area contributed by atoms with Crippen molar-refractivity contribution in [2.75, 3.05) is 23.7 Å². The first kappa shape index (κ1) is 10.2. The van der Waals surface area contributed by atoms with Crippen molar-refractivity contribution in [2.45, 2.75) is 19.4 Å². The summed E-state index contributed by atoms with van der Waals surface area (Å²) in [5, 5.41) is 9.48. The van der Waals surface area contributed by atoms with Crippen molar-refractivity contribution in [1.29, 1.82) is 0 Å². The molecule has 0 aliphatic carbocycles. The van der Waals surface area contributed by atoms with E-state index in [1.165, 1.54) is 0 Å². The van der Waals surface area contributed by atoms with Crippen molar-refractivity contribution < 1.29 is 5.11 Å². The topological polar surface area (TPSA) is 75.3 Å². The average Bonchev–Trinajstić information content (AvgIpc) is 2.68. The molecule has 1 fully saturated rings. The second-order valence-corrected chi connectivity index (χ2v) is 4.03. The number of nitrogens with zero attached hydrogens (tertiary/aromatic N) is 3. The first-order valence-corrected chi connectivity index (χ1v) is 5.17. The number of aromatic nitrogens is 2. The minimum absolute atomic E-state index is 0.253. The summed E-state index contributed by atoms with van der Waals surface area (Å²) in [6.07, 6.45) is 3.99. The Morgan fingerprint density at radius 3 is 2.87 bits per heavy atom. The van der Waals surface area contributed by atoms with Gasteiger partial charge in [-0.2, -0.15) is 0 Å². The van der Waals surface area contributed by atoms with Gasteiger partial charge in [0, 0.05) is 19.0 Å². The van der Waals surface area contributed by atoms with Crippen molar-refractivity contribution in [2.24, 2.45) is 5.92 Å². The molecule has 0 saturated carbocycles. The predicted molar refractivity (Wildman–Crippen MR) is 58.4 cm³/mol. The Morgan fingerprint density at radius 1 is 1.53 bits per heavy atom. The van der Waals surface area contributed by atoms with Gasteiger partial charge in [-0.3, -0.25) is 0 Å². The summed E-state index contributed by atoms with van der Waals surface area (Å²) < 4.78 is 0. The summed E-state index contributed by atoms with van der Waals surface area (Å²) in [4.78, 5) is 10.3. The van der Waals surface area contributed by atoms with Crippen LogP contribution in [-0.2, 0) is 0 Å². The molecule has 2 heterocycles. The molecule has 5 nitrogen and oxygen atoms in total. The van der Waals surface area contributed by atoms with Gasteiger partial charge in [0.2, 0.25) is 0 Å². The standard InChI is InChI=1S/C10H16N4O/c1-7(15)8-2-3-14(6-8)10-5-12-9(11)4-13-10/h4-5,7-8,15H,2-3,6H2,1H3,(H2,11,12). The Labute approximate surface area is 88.9 Å². The first-order chi connectivity index (χ1) is 7.16. The summed E-state index contributed by atoms with van der Waals surface area (Å²) in [5.74, 6) is 1.61. The zero-order chi connectivity index (χ0) is 10.8. The molecule has 15 heavy (non-hydrogen) atoms. The lowest BCUT2D eigenvalue weighted by molar-refractivity contribution is 0.136. The van der Waals surface area contributed by atoms with Crippen LogP contribution in [0.15, 0.2) is 12.4 Å². The maximum atomic E-state index is 9.48. The Bertz CT molecular complexity index is 325. The molecular formula is C10H16N4O. The molecule has 1 aromatic rings. The van der Waals surface area contributed by atoms with Gasteiger partial charge in [0.1, 0.15) is 11.6 Å². The fraction of sp³-hybridized carbons (Fsp3) is 0.600. The zero-order valence-electron chi connectivity index (χ0n) is 8.80. The largest absolute Gasteiger partial charge is 0.393 e. The lowest BCUT2D eigenvalue weighted by Gasteiger charge is -2.17. The SMILES string of the molecule is CC(O)C1CCN(c2cnc(N)cn2)C1. The fourth-order valence-electron chi connectivity index (χ4n) is 1.88. The van der Waals surface area contributed by atoms with Gasteiger partial charge in [0.25, 0.3) is 0 Å². The van der Waals surface area contributed by atoms with Crippen molar-refractivity contribution in [1.82, 2.24) is 9.97 Å². The van der Waals surface area contributed by atoms with Crippen LogP contribution in [0, 0.1) is 5.92 Å². The number of anilines is 2. The van der Waals surface area contributed by atoms with Crippen LogP contribution >= 0.6 is 0 Å². The molecule has 1 aromatic heterocycles. The Balaban J connectivity index is 2.04. The van der Waals surface area contributed by atoms with Crippen molar-refractivity contribution in [3.8, 4) is 0 Å². The summed E-state index contributed by atoms with van der Waals surface area (Å²) in [6, 6.07) is 0. The maximum absolute atomic E-state index is 9.48. The lowest BCUT2D eigenvalue weighted by atomic mass is 10.0. The van der Waals surface area contributed by atoms with E-state index in [0.717, 1.165) is 25.3 Å². The molecule has 2 atom stereocenters. The van der Waals surface area contributed by atoms with Gasteiger partial charge in [-0.25, -0.2) is 9.97 Å². The van der Waals surface area contributed by atoms with Crippen LogP contribution in [0.5, 0.6) is 0 Å². The third-order valence-electron chi connectivity index (χ3n) is 2.89. The van der Waals surface area contributed by atoms with E-state index in [0.29, 0.717) is 11.7 Å². The molecule has 2 rings (SSSR count). The molecule has 5 heteroatoms. The number of nitrogens with two attached hydrogens (primary N) is 1. The van der Waals surface area contributed by atoms with Gasteiger partial charge < -0.3 is 15.7 Å². The molecule has 1 saturated heterocycles. The Morgan fingerprint density at radius 2 is 2.33 bits per heavy atom. The summed E-state index contributed by atoms with van der Waals surface area (Å²) in [6.45, 7) is 3.60. The van der Waals surface area contributed by atoms with Crippen LogP contribution in [0.25, 0.3) is 0 Å². The maximum Gasteiger partial charge on any atom is 0.147 e. The molecule has 82 valence electrons. The molecule has 0 bridgehead atoms. The molecule has 0 amide bonds. The Hall–Kier alpha value is -1.36. The molecule has 0 aromatic carbocycles. The van der Waals surface area contributed by atoms with E-state index in [2.05, 4.69) is 14.9 Å². The highest BCUT2D eigenvalue weighted by molar-refractivity contribution is 5.40. The van der Waals surface area contributed by atoms with Gasteiger partial charge in [0.05, 0.1) is 18.5 Å². The molecule has 1 aliphatic rings. The van der Waals surface area contributed by atoms with Gasteiger partial charge in [-0.15, -0.1) is 0 Å². The Kier molecular flexibility index (Phi) is 2.73. The van der Waals surface area contributed by atoms with Gasteiger partial charge >= 0.3 is 0 Å². The quantitative estimate of drug-likeness (QED) is 0.729. The van der Waals surface area contributed by atoms with E-state index in [4.69, 9.17) is 5.73 Å². The van der Waals surface area contributed by atoms with Crippen molar-refractivity contribution in [3.63, 3.8) is 0 Å². The van der Waals surface area contributed by atoms with Crippen LogP contribution in [-0.4, -0.2) is 34.3 Å². The first-order valence-electron chi connectivity index (χ1n) is 5.17. The normalized spacial score (nSPS) is 23.1. The third kappa shape index (κ3) is 2.18. The number of hydrogen-bond donors (Lipinski definition) is 2. The zero-order valence-corrected chi connectivity index (χ0v) is 8.80. The van der Waals surface area contributed by atoms with Crippen LogP contribution in [0.4, 0.5) is 11.6 Å². The summed E-state index contributed by atoms with van der Waals surface area (Å²) >= 11 is 0. The fourth-order valence-corrected chi connectivity index (χ4v) is 1.88. The average molecular weight is 208 g/mol. The van der Waals surface area contributed by atoms with E-state index in [9.17, 15) is 5.11 Å². The number of aliphatic hydroxyl groups excluding tert-OH is 1. The molecule has 0 spiro atoms. The van der Waals surface area contributed by atoms with Crippen LogP contribution in [0.2, 0.25) is 0 Å². The van der Waals surface area contributed by atoms with E-state index < -0.39 is 0 Å². The lowest BCUT2D eigenvalue weighted by Crippen LogP contribution is -2.24. The van der Waals surface area contributed by atoms with E-state index in [1.54, 1.807) is 12.4 Å². The van der Waals surface area contributed by atoms with E-state index in [1.807, 2.05) is 6.92 Å². The highest BCUT2D eigenvalue weighted by Crippen LogP contribution is 2.23. The molecule has 2 unspecified atom stereocenters. The molecule has 0 radical (unpaired) electrons. The third-order valence-corrected chi connectivity index (χ3v) is 2.89. The second-order valence-electron chi connectivity index (χ2n) is 4.03. The van der Waals surface area contributed by atoms with Gasteiger partial charge in [0.15, 0.2) is 0 Å². The number of rotatable bonds is 2. The van der Waals surface area contributed by atoms with Crippen molar-refractivity contribution in [3.05, 3.63) is 12.4 Å². The van der Waals surface area contributed by atoms with Crippen molar-refractivity contribution >= 4 is 11.6 Å². The van der Waals surface area contributed by atoms with Gasteiger partial charge in [-0.1, -0.05) is 0 Å². The number of hydrogen-bond acceptors (Lipinski definition) is 5. The highest BCUT2D eigenvalue weighted by Gasteiger charge is 2.26.